The number of urea groups is 1. The highest BCUT2D eigenvalue weighted by molar-refractivity contribution is 6.06. The fourth-order valence-electron chi connectivity index (χ4n) is 3.33. The van der Waals surface area contributed by atoms with Gasteiger partial charge in [0.25, 0.3) is 5.91 Å². The van der Waals surface area contributed by atoms with Gasteiger partial charge in [-0.05, 0) is 43.2 Å². The van der Waals surface area contributed by atoms with Gasteiger partial charge in [0.1, 0.15) is 0 Å². The van der Waals surface area contributed by atoms with Crippen molar-refractivity contribution in [1.82, 2.24) is 15.6 Å². The highest BCUT2D eigenvalue weighted by Crippen LogP contribution is 2.30. The maximum atomic E-state index is 12.7. The lowest BCUT2D eigenvalue weighted by molar-refractivity contribution is -0.123. The van der Waals surface area contributed by atoms with E-state index in [1.807, 2.05) is 38.1 Å². The fraction of sp³-hybridized carbons (Fsp3) is 0.429. The van der Waals surface area contributed by atoms with Gasteiger partial charge >= 0.3 is 12.0 Å². The molecule has 0 saturated carbocycles. The van der Waals surface area contributed by atoms with E-state index in [9.17, 15) is 14.4 Å². The summed E-state index contributed by atoms with van der Waals surface area (Å²) in [6.07, 6.45) is 3.35. The smallest absolute Gasteiger partial charge is 0.339 e. The molecule has 0 aliphatic heterocycles. The zero-order valence-electron chi connectivity index (χ0n) is 16.2. The van der Waals surface area contributed by atoms with Crippen molar-refractivity contribution in [3.63, 3.8) is 0 Å². The number of pyridine rings is 1. The van der Waals surface area contributed by atoms with Crippen LogP contribution < -0.4 is 10.6 Å². The molecule has 1 aliphatic carbocycles. The summed E-state index contributed by atoms with van der Waals surface area (Å²) in [6, 6.07) is 6.82. The SMILES string of the molecule is CC(C)CCNC(=O)NC(=O)COC(=O)c1c2c(nc3ccccc13)CCC2. The van der Waals surface area contributed by atoms with E-state index in [0.717, 1.165) is 47.8 Å². The van der Waals surface area contributed by atoms with Crippen LogP contribution in [0.5, 0.6) is 0 Å². The van der Waals surface area contributed by atoms with Gasteiger partial charge < -0.3 is 10.1 Å². The van der Waals surface area contributed by atoms with Crippen LogP contribution in [0.2, 0.25) is 0 Å². The van der Waals surface area contributed by atoms with Crippen molar-refractivity contribution < 1.29 is 19.1 Å². The largest absolute Gasteiger partial charge is 0.452 e. The van der Waals surface area contributed by atoms with Crippen molar-refractivity contribution in [3.05, 3.63) is 41.1 Å². The molecular formula is C21H25N3O4. The summed E-state index contributed by atoms with van der Waals surface area (Å²) >= 11 is 0. The first-order valence-electron chi connectivity index (χ1n) is 9.61. The highest BCUT2D eigenvalue weighted by atomic mass is 16.5. The zero-order chi connectivity index (χ0) is 20.1. The molecule has 0 atom stereocenters. The number of rotatable bonds is 6. The monoisotopic (exact) mass is 383 g/mol. The first-order valence-corrected chi connectivity index (χ1v) is 9.61. The van der Waals surface area contributed by atoms with Crippen molar-refractivity contribution in [2.24, 2.45) is 5.92 Å². The molecule has 1 heterocycles. The van der Waals surface area contributed by atoms with Gasteiger partial charge in [-0.25, -0.2) is 9.59 Å². The van der Waals surface area contributed by atoms with Crippen molar-refractivity contribution >= 4 is 28.8 Å². The van der Waals surface area contributed by atoms with E-state index in [1.165, 1.54) is 0 Å². The van der Waals surface area contributed by atoms with E-state index in [4.69, 9.17) is 4.74 Å². The number of carbonyl (C=O) groups excluding carboxylic acids is 3. The molecule has 148 valence electrons. The van der Waals surface area contributed by atoms with Crippen molar-refractivity contribution in [2.45, 2.75) is 39.5 Å². The van der Waals surface area contributed by atoms with Crippen molar-refractivity contribution in [2.75, 3.05) is 13.2 Å². The Labute approximate surface area is 163 Å². The number of hydrogen-bond acceptors (Lipinski definition) is 5. The number of amides is 3. The lowest BCUT2D eigenvalue weighted by Crippen LogP contribution is -2.42. The van der Waals surface area contributed by atoms with Crippen LogP contribution >= 0.6 is 0 Å². The second kappa shape index (κ2) is 8.82. The Hall–Kier alpha value is -2.96. The van der Waals surface area contributed by atoms with Gasteiger partial charge in [0.15, 0.2) is 6.61 Å². The zero-order valence-corrected chi connectivity index (χ0v) is 16.2. The Bertz CT molecular complexity index is 908. The average molecular weight is 383 g/mol. The minimum Gasteiger partial charge on any atom is -0.452 e. The van der Waals surface area contributed by atoms with E-state index < -0.39 is 24.5 Å². The molecule has 1 aromatic carbocycles. The van der Waals surface area contributed by atoms with Crippen LogP contribution in [-0.2, 0) is 22.4 Å². The molecule has 0 saturated heterocycles. The second-order valence-corrected chi connectivity index (χ2v) is 7.35. The van der Waals surface area contributed by atoms with Crippen LogP contribution in [0.15, 0.2) is 24.3 Å². The number of benzene rings is 1. The summed E-state index contributed by atoms with van der Waals surface area (Å²) in [4.78, 5) is 41.0. The number of nitrogens with one attached hydrogen (secondary N) is 2. The third-order valence-electron chi connectivity index (χ3n) is 4.72. The summed E-state index contributed by atoms with van der Waals surface area (Å²) in [7, 11) is 0. The Kier molecular flexibility index (Phi) is 6.23. The topological polar surface area (TPSA) is 97.4 Å². The molecule has 28 heavy (non-hydrogen) atoms. The van der Waals surface area contributed by atoms with Gasteiger partial charge in [-0.1, -0.05) is 32.0 Å². The molecule has 1 aromatic heterocycles. The van der Waals surface area contributed by atoms with Crippen LogP contribution in [-0.4, -0.2) is 36.0 Å². The van der Waals surface area contributed by atoms with E-state index >= 15 is 0 Å². The number of para-hydroxylation sites is 1. The van der Waals surface area contributed by atoms with Gasteiger partial charge in [-0.2, -0.15) is 0 Å². The van der Waals surface area contributed by atoms with Crippen molar-refractivity contribution in [3.8, 4) is 0 Å². The molecule has 0 bridgehead atoms. The molecular weight excluding hydrogens is 358 g/mol. The summed E-state index contributed by atoms with van der Waals surface area (Å²) < 4.78 is 5.21. The Morgan fingerprint density at radius 3 is 2.75 bits per heavy atom. The van der Waals surface area contributed by atoms with E-state index in [1.54, 1.807) is 0 Å². The van der Waals surface area contributed by atoms with Crippen LogP contribution in [0.1, 0.15) is 48.3 Å². The molecule has 0 unspecified atom stereocenters. The minimum absolute atomic E-state index is 0.453. The Morgan fingerprint density at radius 2 is 1.96 bits per heavy atom. The average Bonchev–Trinajstić information content (AvgIpc) is 3.11. The highest BCUT2D eigenvalue weighted by Gasteiger charge is 2.25. The first kappa shape index (κ1) is 19.8. The number of fused-ring (bicyclic) bond motifs is 2. The number of nitrogens with zero attached hydrogens (tertiary/aromatic N) is 1. The summed E-state index contributed by atoms with van der Waals surface area (Å²) in [5, 5.41) is 5.50. The summed E-state index contributed by atoms with van der Waals surface area (Å²) in [5.41, 5.74) is 3.03. The standard InChI is InChI=1S/C21H25N3O4/c1-13(2)10-11-22-21(27)24-18(25)12-28-20(26)19-14-6-3-4-8-16(14)23-17-9-5-7-15(17)19/h3-4,6,8,13H,5,7,9-12H2,1-2H3,(H2,22,24,25,27). The number of imide groups is 1. The normalized spacial score (nSPS) is 12.7. The van der Waals surface area contributed by atoms with Gasteiger partial charge in [-0.15, -0.1) is 0 Å². The summed E-state index contributed by atoms with van der Waals surface area (Å²) in [6.45, 7) is 4.06. The quantitative estimate of drug-likeness (QED) is 0.748. The third kappa shape index (κ3) is 4.65. The maximum Gasteiger partial charge on any atom is 0.339 e. The van der Waals surface area contributed by atoms with Crippen LogP contribution in [0.3, 0.4) is 0 Å². The number of aromatic nitrogens is 1. The second-order valence-electron chi connectivity index (χ2n) is 7.35. The van der Waals surface area contributed by atoms with Crippen molar-refractivity contribution in [1.29, 1.82) is 0 Å². The molecule has 1 aliphatic rings. The summed E-state index contributed by atoms with van der Waals surface area (Å²) in [5.74, 6) is -0.772. The molecule has 3 rings (SSSR count). The lowest BCUT2D eigenvalue weighted by Gasteiger charge is -2.12. The molecule has 3 amide bonds. The van der Waals surface area contributed by atoms with E-state index in [-0.39, 0.29) is 0 Å². The number of carbonyl (C=O) groups is 3. The molecule has 0 spiro atoms. The first-order chi connectivity index (χ1) is 13.5. The van der Waals surface area contributed by atoms with E-state index in [2.05, 4.69) is 15.6 Å². The minimum atomic E-state index is -0.662. The van der Waals surface area contributed by atoms with Gasteiger partial charge in [-0.3, -0.25) is 15.1 Å². The Morgan fingerprint density at radius 1 is 1.18 bits per heavy atom. The molecule has 0 fully saturated rings. The van der Waals surface area contributed by atoms with Gasteiger partial charge in [0, 0.05) is 17.6 Å². The van der Waals surface area contributed by atoms with Gasteiger partial charge in [0.2, 0.25) is 0 Å². The van der Waals surface area contributed by atoms with Crippen LogP contribution in [0, 0.1) is 5.92 Å². The molecule has 7 heteroatoms. The predicted octanol–water partition coefficient (Wildman–Crippen LogP) is 2.75. The number of hydrogen-bond donors (Lipinski definition) is 2. The third-order valence-corrected chi connectivity index (χ3v) is 4.72. The molecule has 2 N–H and O–H groups in total. The lowest BCUT2D eigenvalue weighted by atomic mass is 10.0. The maximum absolute atomic E-state index is 12.7. The van der Waals surface area contributed by atoms with Crippen LogP contribution in [0.25, 0.3) is 10.9 Å². The van der Waals surface area contributed by atoms with E-state index in [0.29, 0.717) is 18.0 Å². The molecule has 0 radical (unpaired) electrons. The van der Waals surface area contributed by atoms with Crippen LogP contribution in [0.4, 0.5) is 4.79 Å². The fourth-order valence-corrected chi connectivity index (χ4v) is 3.33. The number of aryl methyl sites for hydroxylation is 1. The number of esters is 1. The number of ether oxygens (including phenoxy) is 1. The molecule has 2 aromatic rings. The predicted molar refractivity (Wildman–Crippen MR) is 105 cm³/mol. The van der Waals surface area contributed by atoms with Gasteiger partial charge in [0.05, 0.1) is 11.1 Å². The Balaban J connectivity index is 1.63. The molecule has 7 nitrogen and oxygen atoms in total.